The highest BCUT2D eigenvalue weighted by molar-refractivity contribution is 7.89. The molecule has 1 amide bonds. The number of carboxylic acids is 1. The van der Waals surface area contributed by atoms with E-state index in [1.165, 1.54) is 16.4 Å². The summed E-state index contributed by atoms with van der Waals surface area (Å²) in [5.74, 6) is -2.46. The molecule has 3 aliphatic heterocycles. The predicted molar refractivity (Wildman–Crippen MR) is 105 cm³/mol. The molecule has 3 heterocycles. The number of nitrogens with zero attached hydrogens (tertiary/aromatic N) is 1. The Hall–Kier alpha value is -1.97. The fraction of sp³-hybridized carbons (Fsp3) is 0.600. The molecule has 3 saturated heterocycles. The van der Waals surface area contributed by atoms with Gasteiger partial charge >= 0.3 is 5.97 Å². The van der Waals surface area contributed by atoms with E-state index in [1.807, 2.05) is 0 Å². The normalized spacial score (nSPS) is 30.4. The van der Waals surface area contributed by atoms with Crippen molar-refractivity contribution in [1.29, 1.82) is 0 Å². The summed E-state index contributed by atoms with van der Waals surface area (Å²) >= 11 is 0. The van der Waals surface area contributed by atoms with Crippen LogP contribution in [-0.4, -0.2) is 55.0 Å². The number of fused-ring (bicyclic) bond motifs is 2. The van der Waals surface area contributed by atoms with Crippen LogP contribution >= 0.6 is 0 Å². The maximum atomic E-state index is 12.8. The number of hydrogen-bond donors (Lipinski definition) is 2. The predicted octanol–water partition coefficient (Wildman–Crippen LogP) is 1.92. The summed E-state index contributed by atoms with van der Waals surface area (Å²) in [7, 11) is -3.55. The van der Waals surface area contributed by atoms with Gasteiger partial charge in [-0.1, -0.05) is 6.92 Å². The first kappa shape index (κ1) is 20.3. The summed E-state index contributed by atoms with van der Waals surface area (Å²) < 4.78 is 32.7. The monoisotopic (exact) mass is 422 g/mol. The lowest BCUT2D eigenvalue weighted by molar-refractivity contribution is -0.147. The molecule has 0 unspecified atom stereocenters. The maximum absolute atomic E-state index is 12.8. The summed E-state index contributed by atoms with van der Waals surface area (Å²) in [6.07, 6.45) is 2.26. The van der Waals surface area contributed by atoms with Gasteiger partial charge in [0.05, 0.1) is 28.9 Å². The second-order valence-corrected chi connectivity index (χ2v) is 10.2. The summed E-state index contributed by atoms with van der Waals surface area (Å²) in [6, 6.07) is 6.05. The highest BCUT2D eigenvalue weighted by Crippen LogP contribution is 2.44. The van der Waals surface area contributed by atoms with E-state index < -0.39 is 39.8 Å². The van der Waals surface area contributed by atoms with Crippen molar-refractivity contribution >= 4 is 27.6 Å². The Balaban J connectivity index is 1.44. The van der Waals surface area contributed by atoms with Gasteiger partial charge in [0.15, 0.2) is 0 Å². The van der Waals surface area contributed by atoms with Crippen LogP contribution in [0, 0.1) is 17.8 Å². The molecule has 4 rings (SSSR count). The first-order valence-corrected chi connectivity index (χ1v) is 11.5. The SMILES string of the molecule is CC1CCN(S(=O)(=O)c2ccc(NC(=O)[C@@H]3[C@@H](C(=O)O)[C@@H]4CC[C@H]3O4)cc2)CC1. The second-order valence-electron chi connectivity index (χ2n) is 8.28. The Bertz CT molecular complexity index is 892. The quantitative estimate of drug-likeness (QED) is 0.750. The molecule has 2 bridgehead atoms. The molecule has 3 aliphatic rings. The lowest BCUT2D eigenvalue weighted by Gasteiger charge is -2.29. The van der Waals surface area contributed by atoms with E-state index in [-0.39, 0.29) is 11.0 Å². The van der Waals surface area contributed by atoms with E-state index in [4.69, 9.17) is 4.74 Å². The van der Waals surface area contributed by atoms with Gasteiger partial charge in [0, 0.05) is 18.8 Å². The third-order valence-electron chi connectivity index (χ3n) is 6.36. The Kier molecular flexibility index (Phi) is 5.39. The lowest BCUT2D eigenvalue weighted by atomic mass is 9.78. The van der Waals surface area contributed by atoms with Crippen molar-refractivity contribution in [1.82, 2.24) is 4.31 Å². The third-order valence-corrected chi connectivity index (χ3v) is 8.28. The number of carbonyl (C=O) groups excluding carboxylic acids is 1. The number of carbonyl (C=O) groups is 2. The number of sulfonamides is 1. The minimum absolute atomic E-state index is 0.191. The van der Waals surface area contributed by atoms with Gasteiger partial charge in [-0.3, -0.25) is 9.59 Å². The van der Waals surface area contributed by atoms with Crippen molar-refractivity contribution in [2.24, 2.45) is 17.8 Å². The number of piperidine rings is 1. The zero-order valence-corrected chi connectivity index (χ0v) is 17.1. The average molecular weight is 423 g/mol. The zero-order valence-electron chi connectivity index (χ0n) is 16.3. The zero-order chi connectivity index (χ0) is 20.8. The van der Waals surface area contributed by atoms with E-state index in [9.17, 15) is 23.1 Å². The highest BCUT2D eigenvalue weighted by Gasteiger charge is 2.55. The number of amides is 1. The minimum atomic E-state index is -3.55. The van der Waals surface area contributed by atoms with E-state index in [0.717, 1.165) is 12.8 Å². The molecule has 1 aromatic rings. The van der Waals surface area contributed by atoms with E-state index >= 15 is 0 Å². The molecule has 0 spiro atoms. The van der Waals surface area contributed by atoms with E-state index in [0.29, 0.717) is 37.5 Å². The van der Waals surface area contributed by atoms with Crippen LogP contribution in [0.25, 0.3) is 0 Å². The van der Waals surface area contributed by atoms with Crippen molar-refractivity contribution in [3.05, 3.63) is 24.3 Å². The van der Waals surface area contributed by atoms with Crippen LogP contribution in [0.3, 0.4) is 0 Å². The Labute approximate surface area is 170 Å². The molecule has 9 heteroatoms. The standard InChI is InChI=1S/C20H26N2O6S/c1-12-8-10-22(11-9-12)29(26,27)14-4-2-13(3-5-14)21-19(23)17-15-6-7-16(28-15)18(17)20(24)25/h2-5,12,15-18H,6-11H2,1H3,(H,21,23)(H,24,25)/t15-,16+,17+,18+/m1/s1. The van der Waals surface area contributed by atoms with Gasteiger partial charge in [0.1, 0.15) is 0 Å². The minimum Gasteiger partial charge on any atom is -0.481 e. The summed E-state index contributed by atoms with van der Waals surface area (Å²) in [6.45, 7) is 3.16. The number of nitrogens with one attached hydrogen (secondary N) is 1. The van der Waals surface area contributed by atoms with Crippen LogP contribution in [-0.2, 0) is 24.3 Å². The van der Waals surface area contributed by atoms with Gasteiger partial charge in [-0.25, -0.2) is 8.42 Å². The molecule has 0 saturated carbocycles. The van der Waals surface area contributed by atoms with Crippen molar-refractivity contribution in [3.63, 3.8) is 0 Å². The lowest BCUT2D eigenvalue weighted by Crippen LogP contribution is -2.41. The Morgan fingerprint density at radius 1 is 1.03 bits per heavy atom. The fourth-order valence-corrected chi connectivity index (χ4v) is 6.10. The van der Waals surface area contributed by atoms with Crippen molar-refractivity contribution in [2.45, 2.75) is 49.7 Å². The summed E-state index contributed by atoms with van der Waals surface area (Å²) in [5, 5.41) is 12.2. The largest absolute Gasteiger partial charge is 0.481 e. The number of hydrogen-bond acceptors (Lipinski definition) is 5. The van der Waals surface area contributed by atoms with Gasteiger partial charge in [0.25, 0.3) is 0 Å². The number of benzene rings is 1. The molecule has 3 fully saturated rings. The number of rotatable bonds is 5. The van der Waals surface area contributed by atoms with Crippen molar-refractivity contribution in [3.8, 4) is 0 Å². The molecule has 0 radical (unpaired) electrons. The number of anilines is 1. The van der Waals surface area contributed by atoms with Gasteiger partial charge < -0.3 is 15.2 Å². The van der Waals surface area contributed by atoms with Crippen LogP contribution in [0.5, 0.6) is 0 Å². The van der Waals surface area contributed by atoms with Crippen LogP contribution < -0.4 is 5.32 Å². The van der Waals surface area contributed by atoms with E-state index in [2.05, 4.69) is 12.2 Å². The van der Waals surface area contributed by atoms with Gasteiger partial charge in [0.2, 0.25) is 15.9 Å². The number of carboxylic acid groups (broad SMARTS) is 1. The van der Waals surface area contributed by atoms with Crippen molar-refractivity contribution < 1.29 is 27.9 Å². The molecular formula is C20H26N2O6S. The van der Waals surface area contributed by atoms with Crippen LogP contribution in [0.4, 0.5) is 5.69 Å². The molecule has 29 heavy (non-hydrogen) atoms. The van der Waals surface area contributed by atoms with Crippen LogP contribution in [0.2, 0.25) is 0 Å². The first-order chi connectivity index (χ1) is 13.8. The average Bonchev–Trinajstić information content (AvgIpc) is 3.30. The Morgan fingerprint density at radius 2 is 1.62 bits per heavy atom. The van der Waals surface area contributed by atoms with Gasteiger partial charge in [-0.2, -0.15) is 4.31 Å². The Morgan fingerprint density at radius 3 is 2.21 bits per heavy atom. The molecule has 158 valence electrons. The third kappa shape index (κ3) is 3.78. The molecule has 0 aromatic heterocycles. The fourth-order valence-electron chi connectivity index (χ4n) is 4.63. The van der Waals surface area contributed by atoms with E-state index in [1.54, 1.807) is 12.1 Å². The highest BCUT2D eigenvalue weighted by atomic mass is 32.2. The molecule has 0 aliphatic carbocycles. The molecular weight excluding hydrogens is 396 g/mol. The van der Waals surface area contributed by atoms with Crippen molar-refractivity contribution in [2.75, 3.05) is 18.4 Å². The smallest absolute Gasteiger partial charge is 0.310 e. The second kappa shape index (κ2) is 7.70. The van der Waals surface area contributed by atoms with Crippen LogP contribution in [0.15, 0.2) is 29.2 Å². The molecule has 4 atom stereocenters. The summed E-state index contributed by atoms with van der Waals surface area (Å²) in [5.41, 5.74) is 0.438. The van der Waals surface area contributed by atoms with Gasteiger partial charge in [-0.15, -0.1) is 0 Å². The number of aliphatic carboxylic acids is 1. The molecule has 8 nitrogen and oxygen atoms in total. The first-order valence-electron chi connectivity index (χ1n) is 10.1. The molecule has 2 N–H and O–H groups in total. The van der Waals surface area contributed by atoms with Crippen LogP contribution in [0.1, 0.15) is 32.6 Å². The summed E-state index contributed by atoms with van der Waals surface area (Å²) in [4.78, 5) is 24.4. The number of ether oxygens (including phenoxy) is 1. The topological polar surface area (TPSA) is 113 Å². The maximum Gasteiger partial charge on any atom is 0.310 e. The van der Waals surface area contributed by atoms with Gasteiger partial charge in [-0.05, 0) is 55.9 Å². The molecule has 1 aromatic carbocycles.